The van der Waals surface area contributed by atoms with Gasteiger partial charge < -0.3 is 20.3 Å². The number of phenols is 1. The largest absolute Gasteiger partial charge is 0.504 e. The average Bonchev–Trinajstić information content (AvgIpc) is 2.26. The minimum atomic E-state index is -0.628. The Kier molecular flexibility index (Phi) is 4.13. The molecule has 3 N–H and O–H groups in total. The maximum absolute atomic E-state index is 11.6. The van der Waals surface area contributed by atoms with Crippen molar-refractivity contribution >= 4 is 5.91 Å². The summed E-state index contributed by atoms with van der Waals surface area (Å²) in [7, 11) is 1.41. The lowest BCUT2D eigenvalue weighted by Gasteiger charge is -2.10. The van der Waals surface area contributed by atoms with E-state index < -0.39 is 12.0 Å². The van der Waals surface area contributed by atoms with Crippen LogP contribution in [0.15, 0.2) is 18.2 Å². The van der Waals surface area contributed by atoms with E-state index in [2.05, 4.69) is 5.32 Å². The first kappa shape index (κ1) is 12.3. The third-order valence-corrected chi connectivity index (χ3v) is 2.02. The number of aliphatic hydroxyl groups excluding tert-OH is 1. The van der Waals surface area contributed by atoms with Crippen molar-refractivity contribution < 1.29 is 19.7 Å². The van der Waals surface area contributed by atoms with Crippen LogP contribution in [0.4, 0.5) is 0 Å². The van der Waals surface area contributed by atoms with E-state index in [-0.39, 0.29) is 23.6 Å². The van der Waals surface area contributed by atoms with Gasteiger partial charge in [0.25, 0.3) is 5.91 Å². The molecular weight excluding hydrogens is 210 g/mol. The quantitative estimate of drug-likeness (QED) is 0.697. The number of benzene rings is 1. The van der Waals surface area contributed by atoms with Crippen LogP contribution >= 0.6 is 0 Å². The Morgan fingerprint density at radius 2 is 2.25 bits per heavy atom. The number of para-hydroxylation sites is 1. The van der Waals surface area contributed by atoms with E-state index in [0.29, 0.717) is 0 Å². The molecule has 0 fully saturated rings. The molecule has 1 amide bonds. The fourth-order valence-corrected chi connectivity index (χ4v) is 1.21. The second kappa shape index (κ2) is 5.37. The maximum atomic E-state index is 11.6. The number of phenolic OH excluding ortho intramolecular Hbond substituents is 1. The SMILES string of the molecule is COc1cccc(C(=O)NC[C@H](C)O)c1O. The van der Waals surface area contributed by atoms with Gasteiger partial charge in [-0.2, -0.15) is 0 Å². The van der Waals surface area contributed by atoms with Crippen molar-refractivity contribution in [2.45, 2.75) is 13.0 Å². The molecule has 0 spiro atoms. The van der Waals surface area contributed by atoms with Gasteiger partial charge in [-0.15, -0.1) is 0 Å². The second-order valence-corrected chi connectivity index (χ2v) is 3.42. The molecule has 0 aliphatic carbocycles. The summed E-state index contributed by atoms with van der Waals surface area (Å²) in [5, 5.41) is 21.2. The number of nitrogens with one attached hydrogen (secondary N) is 1. The number of carbonyl (C=O) groups is 1. The third-order valence-electron chi connectivity index (χ3n) is 2.02. The second-order valence-electron chi connectivity index (χ2n) is 3.42. The number of aliphatic hydroxyl groups is 1. The van der Waals surface area contributed by atoms with Crippen molar-refractivity contribution in [1.82, 2.24) is 5.32 Å². The molecular formula is C11H15NO4. The third kappa shape index (κ3) is 2.87. The number of aromatic hydroxyl groups is 1. The number of hydrogen-bond donors (Lipinski definition) is 3. The van der Waals surface area contributed by atoms with Gasteiger partial charge in [0, 0.05) is 6.54 Å². The molecule has 0 saturated heterocycles. The smallest absolute Gasteiger partial charge is 0.255 e. The summed E-state index contributed by atoms with van der Waals surface area (Å²) < 4.78 is 4.88. The highest BCUT2D eigenvalue weighted by atomic mass is 16.5. The van der Waals surface area contributed by atoms with Crippen molar-refractivity contribution in [3.05, 3.63) is 23.8 Å². The van der Waals surface area contributed by atoms with Crippen molar-refractivity contribution in [3.63, 3.8) is 0 Å². The molecule has 1 rings (SSSR count). The molecule has 0 unspecified atom stereocenters. The number of methoxy groups -OCH3 is 1. The van der Waals surface area contributed by atoms with Crippen molar-refractivity contribution in [3.8, 4) is 11.5 Å². The number of rotatable bonds is 4. The van der Waals surface area contributed by atoms with Crippen LogP contribution in [0.2, 0.25) is 0 Å². The zero-order chi connectivity index (χ0) is 12.1. The van der Waals surface area contributed by atoms with Gasteiger partial charge in [0.05, 0.1) is 18.8 Å². The van der Waals surface area contributed by atoms with E-state index in [0.717, 1.165) is 0 Å². The van der Waals surface area contributed by atoms with Gasteiger partial charge in [0.15, 0.2) is 11.5 Å². The molecule has 88 valence electrons. The lowest BCUT2D eigenvalue weighted by Crippen LogP contribution is -2.30. The molecule has 1 atom stereocenters. The van der Waals surface area contributed by atoms with E-state index in [1.165, 1.54) is 13.2 Å². The topological polar surface area (TPSA) is 78.8 Å². The minimum Gasteiger partial charge on any atom is -0.504 e. The van der Waals surface area contributed by atoms with Gasteiger partial charge in [-0.3, -0.25) is 4.79 Å². The first-order valence-corrected chi connectivity index (χ1v) is 4.88. The van der Waals surface area contributed by atoms with Crippen molar-refractivity contribution in [2.75, 3.05) is 13.7 Å². The fraction of sp³-hybridized carbons (Fsp3) is 0.364. The predicted octanol–water partition coefficient (Wildman–Crippen LogP) is 0.511. The monoisotopic (exact) mass is 225 g/mol. The van der Waals surface area contributed by atoms with Crippen LogP contribution in [0, 0.1) is 0 Å². The summed E-state index contributed by atoms with van der Waals surface area (Å²) in [6, 6.07) is 4.64. The van der Waals surface area contributed by atoms with Crippen LogP contribution in [0.5, 0.6) is 11.5 Å². The Morgan fingerprint density at radius 3 is 2.81 bits per heavy atom. The Hall–Kier alpha value is -1.75. The summed E-state index contributed by atoms with van der Waals surface area (Å²) in [5.41, 5.74) is 0.125. The van der Waals surface area contributed by atoms with Gasteiger partial charge in [-0.25, -0.2) is 0 Å². The van der Waals surface area contributed by atoms with Gasteiger partial charge in [-0.05, 0) is 19.1 Å². The zero-order valence-corrected chi connectivity index (χ0v) is 9.23. The Balaban J connectivity index is 2.83. The molecule has 0 aliphatic heterocycles. The first-order valence-electron chi connectivity index (χ1n) is 4.88. The minimum absolute atomic E-state index is 0.125. The number of hydrogen-bond acceptors (Lipinski definition) is 4. The van der Waals surface area contributed by atoms with E-state index in [4.69, 9.17) is 9.84 Å². The van der Waals surface area contributed by atoms with Crippen LogP contribution in [0.1, 0.15) is 17.3 Å². The Bertz CT molecular complexity index is 376. The molecule has 0 bridgehead atoms. The molecule has 1 aromatic carbocycles. The summed E-state index contributed by atoms with van der Waals surface area (Å²) in [5.74, 6) is -0.407. The summed E-state index contributed by atoms with van der Waals surface area (Å²) >= 11 is 0. The van der Waals surface area contributed by atoms with Gasteiger partial charge in [-0.1, -0.05) is 6.07 Å². The van der Waals surface area contributed by atoms with E-state index in [1.54, 1.807) is 19.1 Å². The predicted molar refractivity (Wildman–Crippen MR) is 58.7 cm³/mol. The summed E-state index contributed by atoms with van der Waals surface area (Å²) in [6.45, 7) is 1.70. The highest BCUT2D eigenvalue weighted by Gasteiger charge is 2.14. The molecule has 0 heterocycles. The number of amides is 1. The van der Waals surface area contributed by atoms with Crippen molar-refractivity contribution in [1.29, 1.82) is 0 Å². The molecule has 5 heteroatoms. The molecule has 5 nitrogen and oxygen atoms in total. The average molecular weight is 225 g/mol. The Labute approximate surface area is 93.7 Å². The van der Waals surface area contributed by atoms with Crippen LogP contribution in [-0.2, 0) is 0 Å². The number of ether oxygens (including phenoxy) is 1. The van der Waals surface area contributed by atoms with E-state index >= 15 is 0 Å². The molecule has 1 aromatic rings. The highest BCUT2D eigenvalue weighted by molar-refractivity contribution is 5.97. The first-order chi connectivity index (χ1) is 7.56. The van der Waals surface area contributed by atoms with Crippen LogP contribution < -0.4 is 10.1 Å². The molecule has 0 saturated carbocycles. The van der Waals surface area contributed by atoms with E-state index in [9.17, 15) is 9.90 Å². The summed E-state index contributed by atoms with van der Waals surface area (Å²) in [6.07, 6.45) is -0.628. The standard InChI is InChI=1S/C11H15NO4/c1-7(13)6-12-11(15)8-4-3-5-9(16-2)10(8)14/h3-5,7,13-14H,6H2,1-2H3,(H,12,15)/t7-/m0/s1. The molecule has 0 aromatic heterocycles. The molecule has 16 heavy (non-hydrogen) atoms. The van der Waals surface area contributed by atoms with Crippen LogP contribution in [0.3, 0.4) is 0 Å². The lowest BCUT2D eigenvalue weighted by atomic mass is 10.1. The lowest BCUT2D eigenvalue weighted by molar-refractivity contribution is 0.0920. The molecule has 0 radical (unpaired) electrons. The van der Waals surface area contributed by atoms with Crippen LogP contribution in [0.25, 0.3) is 0 Å². The van der Waals surface area contributed by atoms with Gasteiger partial charge in [0.1, 0.15) is 0 Å². The maximum Gasteiger partial charge on any atom is 0.255 e. The fourth-order valence-electron chi connectivity index (χ4n) is 1.21. The van der Waals surface area contributed by atoms with Crippen LogP contribution in [-0.4, -0.2) is 35.9 Å². The highest BCUT2D eigenvalue weighted by Crippen LogP contribution is 2.28. The van der Waals surface area contributed by atoms with E-state index in [1.807, 2.05) is 0 Å². The summed E-state index contributed by atoms with van der Waals surface area (Å²) in [4.78, 5) is 11.6. The number of carbonyl (C=O) groups excluding carboxylic acids is 1. The van der Waals surface area contributed by atoms with Gasteiger partial charge >= 0.3 is 0 Å². The normalized spacial score (nSPS) is 11.9. The van der Waals surface area contributed by atoms with Gasteiger partial charge in [0.2, 0.25) is 0 Å². The van der Waals surface area contributed by atoms with Crippen molar-refractivity contribution in [2.24, 2.45) is 0 Å². The zero-order valence-electron chi connectivity index (χ0n) is 9.23. The molecule has 0 aliphatic rings. The Morgan fingerprint density at radius 1 is 1.56 bits per heavy atom.